The van der Waals surface area contributed by atoms with Crippen LogP contribution in [0.1, 0.15) is 62.6 Å². The predicted octanol–water partition coefficient (Wildman–Crippen LogP) is 6.79. The summed E-state index contributed by atoms with van der Waals surface area (Å²) >= 11 is 0. The first-order chi connectivity index (χ1) is 17.6. The molecule has 5 nitrogen and oxygen atoms in total. The van der Waals surface area contributed by atoms with Crippen LogP contribution in [-0.2, 0) is 9.59 Å². The number of hydrogen-bond donors (Lipinski definition) is 1. The molecule has 3 aromatic rings. The van der Waals surface area contributed by atoms with Crippen LogP contribution < -0.4 is 15.0 Å². The zero-order valence-corrected chi connectivity index (χ0v) is 20.9. The summed E-state index contributed by atoms with van der Waals surface area (Å²) in [7, 11) is 0. The maximum absolute atomic E-state index is 13.8. The Morgan fingerprint density at radius 2 is 1.67 bits per heavy atom. The van der Waals surface area contributed by atoms with Crippen LogP contribution in [0.2, 0.25) is 0 Å². The van der Waals surface area contributed by atoms with Gasteiger partial charge in [0, 0.05) is 24.6 Å². The Kier molecular flexibility index (Phi) is 6.90. The van der Waals surface area contributed by atoms with Crippen molar-refractivity contribution in [3.05, 3.63) is 101 Å². The molecule has 0 unspecified atom stereocenters. The molecule has 0 saturated carbocycles. The van der Waals surface area contributed by atoms with Crippen LogP contribution >= 0.6 is 0 Å². The molecular formula is C31H32N2O3. The first-order valence-corrected chi connectivity index (χ1v) is 12.8. The van der Waals surface area contributed by atoms with E-state index in [1.165, 1.54) is 0 Å². The van der Waals surface area contributed by atoms with E-state index in [1.54, 1.807) is 11.8 Å². The number of anilines is 2. The highest BCUT2D eigenvalue weighted by Crippen LogP contribution is 2.47. The Hall–Kier alpha value is -3.86. The van der Waals surface area contributed by atoms with E-state index in [4.69, 9.17) is 4.74 Å². The molecule has 2 aliphatic rings. The van der Waals surface area contributed by atoms with Crippen molar-refractivity contribution >= 4 is 23.1 Å². The highest BCUT2D eigenvalue weighted by molar-refractivity contribution is 6.06. The molecule has 0 bridgehead atoms. The summed E-state index contributed by atoms with van der Waals surface area (Å²) in [6, 6.07) is 25.3. The second kappa shape index (κ2) is 10.4. The summed E-state index contributed by atoms with van der Waals surface area (Å²) in [6.45, 7) is 4.43. The number of benzene rings is 3. The van der Waals surface area contributed by atoms with Crippen LogP contribution in [0, 0.1) is 0 Å². The van der Waals surface area contributed by atoms with Gasteiger partial charge in [0.15, 0.2) is 5.78 Å². The van der Waals surface area contributed by atoms with Gasteiger partial charge in [-0.3, -0.25) is 14.5 Å². The van der Waals surface area contributed by atoms with Crippen molar-refractivity contribution in [3.63, 3.8) is 0 Å². The summed E-state index contributed by atoms with van der Waals surface area (Å²) < 4.78 is 5.82. The van der Waals surface area contributed by atoms with Gasteiger partial charge in [0.2, 0.25) is 5.91 Å². The van der Waals surface area contributed by atoms with Gasteiger partial charge in [-0.15, -0.1) is 0 Å². The van der Waals surface area contributed by atoms with Crippen LogP contribution in [-0.4, -0.2) is 18.3 Å². The average molecular weight is 481 g/mol. The maximum Gasteiger partial charge on any atom is 0.224 e. The number of rotatable bonds is 6. The number of nitrogens with one attached hydrogen (secondary N) is 1. The number of ether oxygens (including phenoxy) is 1. The second-order valence-corrected chi connectivity index (χ2v) is 9.54. The zero-order valence-electron chi connectivity index (χ0n) is 20.9. The molecule has 0 spiro atoms. The topological polar surface area (TPSA) is 58.6 Å². The van der Waals surface area contributed by atoms with Gasteiger partial charge in [-0.1, -0.05) is 67.9 Å². The van der Waals surface area contributed by atoms with Gasteiger partial charge in [-0.25, -0.2) is 0 Å². The molecular weight excluding hydrogens is 448 g/mol. The normalized spacial score (nSPS) is 19.2. The van der Waals surface area contributed by atoms with Crippen molar-refractivity contribution in [2.45, 2.75) is 51.5 Å². The molecule has 36 heavy (non-hydrogen) atoms. The molecule has 1 N–H and O–H groups in total. The third kappa shape index (κ3) is 4.66. The number of ketones is 1. The van der Waals surface area contributed by atoms with E-state index in [9.17, 15) is 9.59 Å². The van der Waals surface area contributed by atoms with Gasteiger partial charge in [0.25, 0.3) is 0 Å². The summed E-state index contributed by atoms with van der Waals surface area (Å²) in [5, 5.41) is 3.56. The fourth-order valence-corrected chi connectivity index (χ4v) is 5.30. The first kappa shape index (κ1) is 23.9. The van der Waals surface area contributed by atoms with Crippen molar-refractivity contribution < 1.29 is 14.3 Å². The Balaban J connectivity index is 1.54. The van der Waals surface area contributed by atoms with E-state index in [2.05, 4.69) is 24.4 Å². The molecule has 2 atom stereocenters. The monoisotopic (exact) mass is 480 g/mol. The van der Waals surface area contributed by atoms with Crippen LogP contribution in [0.3, 0.4) is 0 Å². The van der Waals surface area contributed by atoms with Crippen LogP contribution in [0.25, 0.3) is 0 Å². The van der Waals surface area contributed by atoms with Gasteiger partial charge in [0.05, 0.1) is 24.0 Å². The molecule has 5 heteroatoms. The van der Waals surface area contributed by atoms with E-state index in [1.807, 2.05) is 66.7 Å². The van der Waals surface area contributed by atoms with Crippen molar-refractivity contribution in [2.75, 3.05) is 16.8 Å². The second-order valence-electron chi connectivity index (χ2n) is 9.54. The van der Waals surface area contributed by atoms with E-state index < -0.39 is 6.04 Å². The molecule has 0 fully saturated rings. The number of unbranched alkanes of at least 4 members (excludes halogenated alkanes) is 1. The first-order valence-electron chi connectivity index (χ1n) is 12.8. The molecule has 1 heterocycles. The lowest BCUT2D eigenvalue weighted by Crippen LogP contribution is -2.37. The Morgan fingerprint density at radius 1 is 0.944 bits per heavy atom. The lowest BCUT2D eigenvalue weighted by Gasteiger charge is -2.34. The summed E-state index contributed by atoms with van der Waals surface area (Å²) in [6.07, 6.45) is 3.23. The van der Waals surface area contributed by atoms with E-state index in [0.29, 0.717) is 25.0 Å². The molecule has 0 aromatic heterocycles. The molecule has 0 saturated heterocycles. The van der Waals surface area contributed by atoms with Crippen LogP contribution in [0.15, 0.2) is 90.1 Å². The van der Waals surface area contributed by atoms with Crippen molar-refractivity contribution in [3.8, 4) is 5.75 Å². The van der Waals surface area contributed by atoms with Gasteiger partial charge < -0.3 is 10.1 Å². The Morgan fingerprint density at radius 3 is 2.39 bits per heavy atom. The SMILES string of the molecule is CCCCOc1ccc([C@@H]2CC(=O)C3=C(C2)Nc2ccccc2N(C(C)=O)[C@H]3c2ccccc2)cc1. The van der Waals surface area contributed by atoms with Crippen LogP contribution in [0.5, 0.6) is 5.75 Å². The largest absolute Gasteiger partial charge is 0.494 e. The fraction of sp³-hybridized carbons (Fsp3) is 0.290. The molecule has 1 amide bonds. The molecule has 1 aliphatic heterocycles. The number of nitrogens with zero attached hydrogens (tertiary/aromatic N) is 1. The highest BCUT2D eigenvalue weighted by Gasteiger charge is 2.40. The van der Waals surface area contributed by atoms with Crippen molar-refractivity contribution in [2.24, 2.45) is 0 Å². The third-order valence-electron chi connectivity index (χ3n) is 7.06. The van der Waals surface area contributed by atoms with Crippen molar-refractivity contribution in [1.82, 2.24) is 0 Å². The summed E-state index contributed by atoms with van der Waals surface area (Å²) in [5.74, 6) is 0.892. The minimum atomic E-state index is -0.474. The Labute approximate surface area is 212 Å². The number of Topliss-reactive ketones (excluding diaryl/α,β-unsaturated/α-hetero) is 1. The van der Waals surface area contributed by atoms with Gasteiger partial charge in [-0.05, 0) is 54.2 Å². The van der Waals surface area contributed by atoms with Crippen LogP contribution in [0.4, 0.5) is 11.4 Å². The smallest absolute Gasteiger partial charge is 0.224 e. The average Bonchev–Trinajstić information content (AvgIpc) is 3.04. The zero-order chi connectivity index (χ0) is 25.1. The standard InChI is InChI=1S/C31H32N2O3/c1-3-4-18-36-25-16-14-22(15-17-25)24-19-27-30(29(35)20-24)31(23-10-6-5-7-11-23)33(21(2)34)28-13-9-8-12-26(28)32-27/h5-17,24,31-32H,3-4,18-20H2,1-2H3/t24-,31-/m0/s1. The lowest BCUT2D eigenvalue weighted by atomic mass is 9.78. The fourth-order valence-electron chi connectivity index (χ4n) is 5.30. The minimum Gasteiger partial charge on any atom is -0.494 e. The van der Waals surface area contributed by atoms with E-state index in [0.717, 1.165) is 46.8 Å². The molecule has 5 rings (SSSR count). The molecule has 0 radical (unpaired) electrons. The third-order valence-corrected chi connectivity index (χ3v) is 7.06. The van der Waals surface area contributed by atoms with E-state index >= 15 is 0 Å². The predicted molar refractivity (Wildman–Crippen MR) is 143 cm³/mol. The number of fused-ring (bicyclic) bond motifs is 1. The molecule has 3 aromatic carbocycles. The summed E-state index contributed by atoms with van der Waals surface area (Å²) in [5.41, 5.74) is 5.25. The van der Waals surface area contributed by atoms with Gasteiger partial charge in [0.1, 0.15) is 5.75 Å². The van der Waals surface area contributed by atoms with Crippen molar-refractivity contribution in [1.29, 1.82) is 0 Å². The number of allylic oxidation sites excluding steroid dienone is 1. The minimum absolute atomic E-state index is 0.0564. The highest BCUT2D eigenvalue weighted by atomic mass is 16.5. The lowest BCUT2D eigenvalue weighted by molar-refractivity contribution is -0.117. The number of hydrogen-bond acceptors (Lipinski definition) is 4. The molecule has 1 aliphatic carbocycles. The number of carbonyl (C=O) groups is 2. The summed E-state index contributed by atoms with van der Waals surface area (Å²) in [4.78, 5) is 28.7. The molecule has 184 valence electrons. The number of amides is 1. The number of para-hydroxylation sites is 2. The quantitative estimate of drug-likeness (QED) is 0.395. The van der Waals surface area contributed by atoms with Gasteiger partial charge in [-0.2, -0.15) is 0 Å². The Bertz CT molecular complexity index is 1280. The maximum atomic E-state index is 13.8. The van der Waals surface area contributed by atoms with E-state index in [-0.39, 0.29) is 17.6 Å². The van der Waals surface area contributed by atoms with Gasteiger partial charge >= 0.3 is 0 Å². The number of carbonyl (C=O) groups excluding carboxylic acids is 2.